The summed E-state index contributed by atoms with van der Waals surface area (Å²) in [5.41, 5.74) is -0.301. The molecule has 2 aromatic rings. The van der Waals surface area contributed by atoms with E-state index in [2.05, 4.69) is 15.5 Å². The van der Waals surface area contributed by atoms with Crippen LogP contribution in [0, 0.1) is 12.3 Å². The zero-order valence-electron chi connectivity index (χ0n) is 14.7. The predicted octanol–water partition coefficient (Wildman–Crippen LogP) is 2.24. The molecule has 0 bridgehead atoms. The minimum absolute atomic E-state index is 0.0786. The zero-order chi connectivity index (χ0) is 18.7. The molecular formula is C18H21N3O5. The molecule has 1 aromatic carbocycles. The highest BCUT2D eigenvalue weighted by molar-refractivity contribution is 5.86. The molecule has 1 aliphatic carbocycles. The van der Waals surface area contributed by atoms with E-state index in [1.54, 1.807) is 19.1 Å². The summed E-state index contributed by atoms with van der Waals surface area (Å²) in [5.74, 6) is -0.0704. The van der Waals surface area contributed by atoms with Crippen LogP contribution in [0.2, 0.25) is 0 Å². The lowest BCUT2D eigenvalue weighted by atomic mass is 9.66. The number of hydrogen-bond acceptors (Lipinski definition) is 6. The van der Waals surface area contributed by atoms with Crippen LogP contribution in [0.5, 0.6) is 5.75 Å². The van der Waals surface area contributed by atoms with Crippen molar-refractivity contribution in [3.63, 3.8) is 0 Å². The molecule has 0 spiro atoms. The molecule has 1 atom stereocenters. The van der Waals surface area contributed by atoms with Crippen molar-refractivity contribution in [3.05, 3.63) is 41.5 Å². The Labute approximate surface area is 150 Å². The number of carboxylic acid groups (broad SMARTS) is 1. The number of aromatic nitrogens is 2. The number of aliphatic carboxylic acids is 1. The molecule has 1 aromatic heterocycles. The normalized spacial score (nSPS) is 16.4. The molecule has 26 heavy (non-hydrogen) atoms. The first-order chi connectivity index (χ1) is 12.4. The topological polar surface area (TPSA) is 115 Å². The summed E-state index contributed by atoms with van der Waals surface area (Å²) in [7, 11) is 1.53. The Morgan fingerprint density at radius 3 is 2.65 bits per heavy atom. The van der Waals surface area contributed by atoms with Gasteiger partial charge in [-0.3, -0.25) is 9.59 Å². The highest BCUT2D eigenvalue weighted by Gasteiger charge is 2.46. The van der Waals surface area contributed by atoms with Crippen molar-refractivity contribution in [2.24, 2.45) is 5.41 Å². The summed E-state index contributed by atoms with van der Waals surface area (Å²) in [5, 5.41) is 16.2. The third-order valence-corrected chi connectivity index (χ3v) is 4.82. The molecule has 8 nitrogen and oxygen atoms in total. The molecule has 2 N–H and O–H groups in total. The quantitative estimate of drug-likeness (QED) is 0.779. The van der Waals surface area contributed by atoms with Crippen LogP contribution in [0.3, 0.4) is 0 Å². The highest BCUT2D eigenvalue weighted by Crippen LogP contribution is 2.44. The molecule has 1 aliphatic rings. The van der Waals surface area contributed by atoms with Gasteiger partial charge in [0, 0.05) is 18.9 Å². The number of methoxy groups -OCH3 is 1. The lowest BCUT2D eigenvalue weighted by Crippen LogP contribution is -2.43. The number of rotatable bonds is 7. The summed E-state index contributed by atoms with van der Waals surface area (Å²) in [6, 6.07) is 6.50. The molecule has 8 heteroatoms. The molecule has 0 saturated heterocycles. The fourth-order valence-electron chi connectivity index (χ4n) is 3.21. The molecule has 0 aliphatic heterocycles. The number of carbonyl (C=O) groups is 2. The van der Waals surface area contributed by atoms with Crippen LogP contribution in [-0.2, 0) is 9.59 Å². The maximum atomic E-state index is 12.6. The van der Waals surface area contributed by atoms with E-state index in [9.17, 15) is 14.7 Å². The number of amides is 1. The summed E-state index contributed by atoms with van der Waals surface area (Å²) in [6.45, 7) is 1.66. The average Bonchev–Trinajstić information content (AvgIpc) is 3.02. The molecule has 1 saturated carbocycles. The van der Waals surface area contributed by atoms with E-state index >= 15 is 0 Å². The first-order valence-electron chi connectivity index (χ1n) is 8.41. The summed E-state index contributed by atoms with van der Waals surface area (Å²) in [6.07, 6.45) is 1.76. The molecule has 1 unspecified atom stereocenters. The van der Waals surface area contributed by atoms with Gasteiger partial charge in [-0.15, -0.1) is 0 Å². The third-order valence-electron chi connectivity index (χ3n) is 4.82. The highest BCUT2D eigenvalue weighted by atomic mass is 16.5. The van der Waals surface area contributed by atoms with Gasteiger partial charge >= 0.3 is 5.97 Å². The second-order valence-electron chi connectivity index (χ2n) is 6.53. The lowest BCUT2D eigenvalue weighted by Gasteiger charge is -2.37. The van der Waals surface area contributed by atoms with Gasteiger partial charge in [-0.1, -0.05) is 29.8 Å². The largest absolute Gasteiger partial charge is 0.496 e. The molecule has 1 amide bonds. The summed E-state index contributed by atoms with van der Waals surface area (Å²) in [4.78, 5) is 28.4. The van der Waals surface area contributed by atoms with Gasteiger partial charge in [0.1, 0.15) is 11.8 Å². The Balaban J connectivity index is 1.87. The first-order valence-corrected chi connectivity index (χ1v) is 8.41. The number of nitrogens with zero attached hydrogens (tertiary/aromatic N) is 2. The van der Waals surface area contributed by atoms with E-state index in [0.29, 0.717) is 35.9 Å². The van der Waals surface area contributed by atoms with E-state index in [0.717, 1.165) is 6.42 Å². The van der Waals surface area contributed by atoms with Gasteiger partial charge in [0.25, 0.3) is 0 Å². The molecule has 1 heterocycles. The van der Waals surface area contributed by atoms with Crippen LogP contribution in [0.15, 0.2) is 28.8 Å². The van der Waals surface area contributed by atoms with Gasteiger partial charge in [-0.25, -0.2) is 0 Å². The molecule has 1 fully saturated rings. The second kappa shape index (κ2) is 7.15. The minimum Gasteiger partial charge on any atom is -0.496 e. The van der Waals surface area contributed by atoms with Crippen LogP contribution in [0.25, 0.3) is 0 Å². The molecule has 3 rings (SSSR count). The van der Waals surface area contributed by atoms with E-state index in [1.807, 2.05) is 12.1 Å². The van der Waals surface area contributed by atoms with Gasteiger partial charge in [-0.2, -0.15) is 4.98 Å². The van der Waals surface area contributed by atoms with E-state index in [1.165, 1.54) is 7.11 Å². The standard InChI is InChI=1S/C18H21N3O5/c1-11-19-16(21-26-11)15(12-6-3-4-7-13(12)25-2)20-14(22)10-18(17(23)24)8-5-9-18/h3-4,6-7,15H,5,8-10H2,1-2H3,(H,20,22)(H,23,24). The van der Waals surface area contributed by atoms with Crippen LogP contribution in [0.4, 0.5) is 0 Å². The van der Waals surface area contributed by atoms with Crippen molar-refractivity contribution in [3.8, 4) is 5.75 Å². The minimum atomic E-state index is -0.970. The Hall–Kier alpha value is -2.90. The van der Waals surface area contributed by atoms with Crippen molar-refractivity contribution in [2.75, 3.05) is 7.11 Å². The van der Waals surface area contributed by atoms with Crippen LogP contribution >= 0.6 is 0 Å². The Kier molecular flexibility index (Phi) is 4.92. The number of carbonyl (C=O) groups excluding carboxylic acids is 1. The molecule has 0 radical (unpaired) electrons. The molecule has 138 valence electrons. The number of hydrogen-bond donors (Lipinski definition) is 2. The average molecular weight is 359 g/mol. The van der Waals surface area contributed by atoms with Crippen LogP contribution in [0.1, 0.15) is 49.0 Å². The number of carboxylic acids is 1. The maximum Gasteiger partial charge on any atom is 0.310 e. The predicted molar refractivity (Wildman–Crippen MR) is 90.6 cm³/mol. The number of para-hydroxylation sites is 1. The fraction of sp³-hybridized carbons (Fsp3) is 0.444. The maximum absolute atomic E-state index is 12.6. The fourth-order valence-corrected chi connectivity index (χ4v) is 3.21. The number of aryl methyl sites for hydroxylation is 1. The zero-order valence-corrected chi connectivity index (χ0v) is 14.7. The van der Waals surface area contributed by atoms with E-state index < -0.39 is 17.4 Å². The SMILES string of the molecule is COc1ccccc1C(NC(=O)CC1(C(=O)O)CCC1)c1noc(C)n1. The van der Waals surface area contributed by atoms with E-state index in [4.69, 9.17) is 9.26 Å². The first kappa shape index (κ1) is 17.9. The van der Waals surface area contributed by atoms with Gasteiger partial charge in [0.2, 0.25) is 11.8 Å². The van der Waals surface area contributed by atoms with Gasteiger partial charge in [-0.05, 0) is 18.9 Å². The van der Waals surface area contributed by atoms with Crippen molar-refractivity contribution in [1.29, 1.82) is 0 Å². The molecular weight excluding hydrogens is 338 g/mol. The van der Waals surface area contributed by atoms with Crippen molar-refractivity contribution < 1.29 is 24.0 Å². The second-order valence-corrected chi connectivity index (χ2v) is 6.53. The van der Waals surface area contributed by atoms with Crippen molar-refractivity contribution >= 4 is 11.9 Å². The van der Waals surface area contributed by atoms with Gasteiger partial charge in [0.05, 0.1) is 12.5 Å². The van der Waals surface area contributed by atoms with Gasteiger partial charge in [0.15, 0.2) is 5.82 Å². The monoisotopic (exact) mass is 359 g/mol. The van der Waals surface area contributed by atoms with Gasteiger partial charge < -0.3 is 19.7 Å². The summed E-state index contributed by atoms with van der Waals surface area (Å²) >= 11 is 0. The number of nitrogens with one attached hydrogen (secondary N) is 1. The van der Waals surface area contributed by atoms with Crippen LogP contribution < -0.4 is 10.1 Å². The Bertz CT molecular complexity index is 813. The number of ether oxygens (including phenoxy) is 1. The lowest BCUT2D eigenvalue weighted by molar-refractivity contribution is -0.157. The third kappa shape index (κ3) is 3.40. The van der Waals surface area contributed by atoms with Crippen LogP contribution in [-0.4, -0.2) is 34.2 Å². The Morgan fingerprint density at radius 2 is 2.12 bits per heavy atom. The van der Waals surface area contributed by atoms with Crippen molar-refractivity contribution in [2.45, 2.75) is 38.6 Å². The Morgan fingerprint density at radius 1 is 1.38 bits per heavy atom. The number of benzene rings is 1. The summed E-state index contributed by atoms with van der Waals surface area (Å²) < 4.78 is 10.4. The van der Waals surface area contributed by atoms with Crippen molar-refractivity contribution in [1.82, 2.24) is 15.5 Å². The van der Waals surface area contributed by atoms with E-state index in [-0.39, 0.29) is 12.3 Å². The smallest absolute Gasteiger partial charge is 0.310 e.